The van der Waals surface area contributed by atoms with Gasteiger partial charge in [0.2, 0.25) is 0 Å². The van der Waals surface area contributed by atoms with Crippen LogP contribution in [0.15, 0.2) is 36.7 Å². The Labute approximate surface area is 100 Å². The summed E-state index contributed by atoms with van der Waals surface area (Å²) >= 11 is 1.44. The van der Waals surface area contributed by atoms with Crippen molar-refractivity contribution in [1.82, 2.24) is 9.97 Å². The highest BCUT2D eigenvalue weighted by atomic mass is 32.1. The molecule has 1 N–H and O–H groups in total. The van der Waals surface area contributed by atoms with Gasteiger partial charge in [-0.3, -0.25) is 4.98 Å². The maximum atomic E-state index is 13.0. The van der Waals surface area contributed by atoms with E-state index in [0.717, 1.165) is 10.3 Å². The van der Waals surface area contributed by atoms with Gasteiger partial charge in [0, 0.05) is 17.8 Å². The van der Waals surface area contributed by atoms with Gasteiger partial charge in [0.15, 0.2) is 0 Å². The normalized spacial score (nSPS) is 10.9. The first-order valence-corrected chi connectivity index (χ1v) is 5.74. The average Bonchev–Trinajstić information content (AvgIpc) is 2.72. The van der Waals surface area contributed by atoms with Gasteiger partial charge < -0.3 is 5.11 Å². The van der Waals surface area contributed by atoms with E-state index in [-0.39, 0.29) is 11.6 Å². The van der Waals surface area contributed by atoms with E-state index in [1.165, 1.54) is 29.7 Å². The van der Waals surface area contributed by atoms with Crippen LogP contribution in [0, 0.1) is 5.82 Å². The Morgan fingerprint density at radius 3 is 2.88 bits per heavy atom. The van der Waals surface area contributed by atoms with Crippen molar-refractivity contribution in [1.29, 1.82) is 0 Å². The maximum Gasteiger partial charge on any atom is 0.134 e. The van der Waals surface area contributed by atoms with Crippen LogP contribution >= 0.6 is 11.3 Å². The molecule has 0 fully saturated rings. The van der Waals surface area contributed by atoms with E-state index in [4.69, 9.17) is 0 Å². The first kappa shape index (κ1) is 10.2. The second-order valence-electron chi connectivity index (χ2n) is 3.56. The number of pyridine rings is 1. The van der Waals surface area contributed by atoms with Crippen LogP contribution in [0.1, 0.15) is 0 Å². The topological polar surface area (TPSA) is 46.0 Å². The summed E-state index contributed by atoms with van der Waals surface area (Å²) < 4.78 is 13.9. The molecule has 0 unspecified atom stereocenters. The van der Waals surface area contributed by atoms with Gasteiger partial charge in [0.05, 0.1) is 16.4 Å². The molecule has 17 heavy (non-hydrogen) atoms. The number of hydrogen-bond acceptors (Lipinski definition) is 4. The molecule has 0 bridgehead atoms. The van der Waals surface area contributed by atoms with Crippen molar-refractivity contribution in [2.24, 2.45) is 0 Å². The third-order valence-corrected chi connectivity index (χ3v) is 3.41. The predicted octanol–water partition coefficient (Wildman–Crippen LogP) is 3.20. The van der Waals surface area contributed by atoms with Gasteiger partial charge in [0.25, 0.3) is 0 Å². The molecule has 0 radical (unpaired) electrons. The summed E-state index contributed by atoms with van der Waals surface area (Å²) in [6.45, 7) is 0. The van der Waals surface area contributed by atoms with E-state index in [9.17, 15) is 9.50 Å². The third kappa shape index (κ3) is 1.85. The van der Waals surface area contributed by atoms with Crippen LogP contribution < -0.4 is 0 Å². The highest BCUT2D eigenvalue weighted by Gasteiger charge is 2.07. The van der Waals surface area contributed by atoms with Crippen LogP contribution in [-0.2, 0) is 0 Å². The fraction of sp³-hybridized carbons (Fsp3) is 0. The van der Waals surface area contributed by atoms with E-state index in [2.05, 4.69) is 9.97 Å². The summed E-state index contributed by atoms with van der Waals surface area (Å²) in [7, 11) is 0. The number of nitrogens with zero attached hydrogens (tertiary/aromatic N) is 2. The smallest absolute Gasteiger partial charge is 0.134 e. The fourth-order valence-corrected chi connectivity index (χ4v) is 2.50. The molecule has 0 aliphatic carbocycles. The van der Waals surface area contributed by atoms with Crippen molar-refractivity contribution >= 4 is 21.6 Å². The highest BCUT2D eigenvalue weighted by Crippen LogP contribution is 2.31. The Balaban J connectivity index is 2.18. The van der Waals surface area contributed by atoms with Gasteiger partial charge >= 0.3 is 0 Å². The number of fused-ring (bicyclic) bond motifs is 1. The summed E-state index contributed by atoms with van der Waals surface area (Å²) in [5.41, 5.74) is 1.35. The van der Waals surface area contributed by atoms with Crippen LogP contribution in [0.2, 0.25) is 0 Å². The molecule has 0 aliphatic heterocycles. The van der Waals surface area contributed by atoms with Gasteiger partial charge in [-0.1, -0.05) is 0 Å². The number of benzene rings is 1. The monoisotopic (exact) mass is 246 g/mol. The van der Waals surface area contributed by atoms with Gasteiger partial charge in [0.1, 0.15) is 16.6 Å². The number of thiazole rings is 1. The summed E-state index contributed by atoms with van der Waals surface area (Å²) in [6, 6.07) is 6.08. The Kier molecular flexibility index (Phi) is 2.26. The summed E-state index contributed by atoms with van der Waals surface area (Å²) in [6.07, 6.45) is 2.98. The van der Waals surface area contributed by atoms with Crippen LogP contribution in [-0.4, -0.2) is 15.1 Å². The number of hydrogen-bond donors (Lipinski definition) is 1. The molecule has 3 aromatic rings. The maximum absolute atomic E-state index is 13.0. The molecule has 0 spiro atoms. The van der Waals surface area contributed by atoms with Crippen LogP contribution in [0.5, 0.6) is 5.75 Å². The zero-order valence-electron chi connectivity index (χ0n) is 8.59. The minimum Gasteiger partial charge on any atom is -0.506 e. The lowest BCUT2D eigenvalue weighted by molar-refractivity contribution is 0.473. The number of aromatic nitrogens is 2. The summed E-state index contributed by atoms with van der Waals surface area (Å²) in [4.78, 5) is 8.20. The molecule has 0 atom stereocenters. The Morgan fingerprint density at radius 2 is 2.06 bits per heavy atom. The van der Waals surface area contributed by atoms with Crippen molar-refractivity contribution in [2.45, 2.75) is 0 Å². The zero-order chi connectivity index (χ0) is 11.8. The first-order valence-electron chi connectivity index (χ1n) is 4.93. The lowest BCUT2D eigenvalue weighted by Gasteiger charge is -1.95. The van der Waals surface area contributed by atoms with Gasteiger partial charge in [-0.15, -0.1) is 11.3 Å². The molecule has 3 nitrogen and oxygen atoms in total. The van der Waals surface area contributed by atoms with E-state index in [1.54, 1.807) is 18.3 Å². The van der Waals surface area contributed by atoms with Crippen LogP contribution in [0.25, 0.3) is 20.8 Å². The molecular formula is C12H7FN2OS. The van der Waals surface area contributed by atoms with E-state index in [0.29, 0.717) is 10.5 Å². The molecule has 3 rings (SSSR count). The number of aromatic hydroxyl groups is 1. The SMILES string of the molecule is Oc1cncc(-c2nc3cc(F)ccc3s2)c1. The van der Waals surface area contributed by atoms with Crippen molar-refractivity contribution in [3.8, 4) is 16.3 Å². The van der Waals surface area contributed by atoms with Crippen molar-refractivity contribution in [3.63, 3.8) is 0 Å². The number of halogens is 1. The van der Waals surface area contributed by atoms with Gasteiger partial charge in [-0.05, 0) is 18.2 Å². The van der Waals surface area contributed by atoms with Crippen LogP contribution in [0.4, 0.5) is 4.39 Å². The van der Waals surface area contributed by atoms with Gasteiger partial charge in [-0.25, -0.2) is 9.37 Å². The van der Waals surface area contributed by atoms with E-state index < -0.39 is 0 Å². The van der Waals surface area contributed by atoms with E-state index >= 15 is 0 Å². The minimum atomic E-state index is -0.302. The van der Waals surface area contributed by atoms with Gasteiger partial charge in [-0.2, -0.15) is 0 Å². The summed E-state index contributed by atoms with van der Waals surface area (Å²) in [5.74, 6) is -0.212. The molecular weight excluding hydrogens is 239 g/mol. The average molecular weight is 246 g/mol. The second kappa shape index (κ2) is 3.78. The largest absolute Gasteiger partial charge is 0.506 e. The minimum absolute atomic E-state index is 0.0907. The third-order valence-electron chi connectivity index (χ3n) is 2.32. The fourth-order valence-electron chi connectivity index (χ4n) is 1.57. The standard InChI is InChI=1S/C12H7FN2OS/c13-8-1-2-11-10(4-8)15-12(17-11)7-3-9(16)6-14-5-7/h1-6,16H. The van der Waals surface area contributed by atoms with Crippen molar-refractivity contribution < 1.29 is 9.50 Å². The predicted molar refractivity (Wildman–Crippen MR) is 64.5 cm³/mol. The summed E-state index contributed by atoms with van der Waals surface area (Å²) in [5, 5.41) is 10.1. The lowest BCUT2D eigenvalue weighted by Crippen LogP contribution is -1.78. The second-order valence-corrected chi connectivity index (χ2v) is 4.59. The molecule has 0 aliphatic rings. The van der Waals surface area contributed by atoms with Crippen LogP contribution in [0.3, 0.4) is 0 Å². The van der Waals surface area contributed by atoms with Crippen molar-refractivity contribution in [3.05, 3.63) is 42.5 Å². The quantitative estimate of drug-likeness (QED) is 0.717. The van der Waals surface area contributed by atoms with E-state index in [1.807, 2.05) is 0 Å². The van der Waals surface area contributed by atoms with Crippen molar-refractivity contribution in [2.75, 3.05) is 0 Å². The molecule has 2 heterocycles. The first-order chi connectivity index (χ1) is 8.22. The molecule has 5 heteroatoms. The number of rotatable bonds is 1. The molecule has 0 saturated heterocycles. The zero-order valence-corrected chi connectivity index (χ0v) is 9.41. The Morgan fingerprint density at radius 1 is 1.18 bits per heavy atom. The lowest BCUT2D eigenvalue weighted by atomic mass is 10.3. The molecule has 0 amide bonds. The Bertz CT molecular complexity index is 696. The Hall–Kier alpha value is -2.01. The molecule has 84 valence electrons. The molecule has 1 aromatic carbocycles. The highest BCUT2D eigenvalue weighted by molar-refractivity contribution is 7.21. The molecule has 0 saturated carbocycles. The molecule has 2 aromatic heterocycles.